The normalized spacial score (nSPS) is 20.2. The third-order valence-electron chi connectivity index (χ3n) is 5.49. The van der Waals surface area contributed by atoms with Crippen molar-refractivity contribution in [2.75, 3.05) is 26.7 Å². The Kier molecular flexibility index (Phi) is 6.54. The van der Waals surface area contributed by atoms with Gasteiger partial charge in [0, 0.05) is 18.7 Å². The lowest BCUT2D eigenvalue weighted by Crippen LogP contribution is -2.39. The van der Waals surface area contributed by atoms with Gasteiger partial charge in [0.2, 0.25) is 5.91 Å². The second-order valence-corrected chi connectivity index (χ2v) is 8.26. The number of hydrogen-bond acceptors (Lipinski definition) is 4. The molecule has 2 atom stereocenters. The van der Waals surface area contributed by atoms with Gasteiger partial charge in [-0.25, -0.2) is 0 Å². The highest BCUT2D eigenvalue weighted by Gasteiger charge is 2.32. The van der Waals surface area contributed by atoms with E-state index in [1.54, 1.807) is 12.1 Å². The Hall–Kier alpha value is -2.86. The summed E-state index contributed by atoms with van der Waals surface area (Å²) in [5.41, 5.74) is 1.40. The third-order valence-corrected chi connectivity index (χ3v) is 5.49. The quantitative estimate of drug-likeness (QED) is 0.673. The molecule has 0 spiro atoms. The van der Waals surface area contributed by atoms with E-state index in [0.717, 1.165) is 25.1 Å². The average Bonchev–Trinajstić information content (AvgIpc) is 3.06. The number of nitrogens with zero attached hydrogens (tertiary/aromatic N) is 1. The van der Waals surface area contributed by atoms with Crippen LogP contribution in [0.5, 0.6) is 5.75 Å². The molecule has 3 N–H and O–H groups in total. The first-order valence-corrected chi connectivity index (χ1v) is 9.95. The fourth-order valence-electron chi connectivity index (χ4n) is 3.78. The summed E-state index contributed by atoms with van der Waals surface area (Å²) in [5.74, 6) is -0.261. The number of phenols is 1. The number of phenolic OH excluding ortho intramolecular Hbond substituents is 1. The van der Waals surface area contributed by atoms with Crippen LogP contribution in [0.3, 0.4) is 0 Å². The van der Waals surface area contributed by atoms with Crippen molar-refractivity contribution in [3.63, 3.8) is 0 Å². The van der Waals surface area contributed by atoms with E-state index in [1.807, 2.05) is 30.3 Å². The van der Waals surface area contributed by atoms with Crippen molar-refractivity contribution in [1.82, 2.24) is 15.5 Å². The van der Waals surface area contributed by atoms with Gasteiger partial charge in [0.05, 0.1) is 12.5 Å². The molecule has 0 aromatic heterocycles. The largest absolute Gasteiger partial charge is 0.508 e. The van der Waals surface area contributed by atoms with Crippen molar-refractivity contribution in [2.45, 2.75) is 25.8 Å². The molecule has 1 fully saturated rings. The topological polar surface area (TPSA) is 81.7 Å². The first-order chi connectivity index (χ1) is 13.8. The van der Waals surface area contributed by atoms with Crippen LogP contribution in [-0.2, 0) is 4.79 Å². The Morgan fingerprint density at radius 1 is 1.14 bits per heavy atom. The summed E-state index contributed by atoms with van der Waals surface area (Å²) in [6.45, 7) is 4.83. The van der Waals surface area contributed by atoms with E-state index in [9.17, 15) is 14.7 Å². The van der Waals surface area contributed by atoms with E-state index in [2.05, 4.69) is 29.5 Å². The highest BCUT2D eigenvalue weighted by atomic mass is 16.3. The van der Waals surface area contributed by atoms with Crippen LogP contribution in [0.1, 0.15) is 41.7 Å². The Bertz CT molecular complexity index is 838. The van der Waals surface area contributed by atoms with Crippen LogP contribution >= 0.6 is 0 Å². The smallest absolute Gasteiger partial charge is 0.251 e. The van der Waals surface area contributed by atoms with E-state index in [4.69, 9.17) is 0 Å². The first-order valence-electron chi connectivity index (χ1n) is 9.95. The van der Waals surface area contributed by atoms with Gasteiger partial charge in [-0.15, -0.1) is 0 Å². The molecule has 2 aromatic carbocycles. The van der Waals surface area contributed by atoms with Crippen LogP contribution < -0.4 is 10.6 Å². The van der Waals surface area contributed by atoms with Gasteiger partial charge in [0.25, 0.3) is 5.91 Å². The highest BCUT2D eigenvalue weighted by molar-refractivity contribution is 5.95. The first kappa shape index (κ1) is 20.9. The molecule has 0 bridgehead atoms. The van der Waals surface area contributed by atoms with Crippen molar-refractivity contribution < 1.29 is 14.7 Å². The number of benzene rings is 2. The van der Waals surface area contributed by atoms with Crippen molar-refractivity contribution in [3.8, 4) is 5.75 Å². The van der Waals surface area contributed by atoms with Gasteiger partial charge in [0.1, 0.15) is 5.75 Å². The molecule has 1 heterocycles. The SMILES string of the molecule is CN1CCC(C)(CNC(=O)CC(NC(=O)c2ccc(O)cc2)c2ccccc2)C1. The predicted octanol–water partition coefficient (Wildman–Crippen LogP) is 2.71. The maximum absolute atomic E-state index is 12.7. The Labute approximate surface area is 171 Å². The van der Waals surface area contributed by atoms with Crippen LogP contribution in [0.25, 0.3) is 0 Å². The number of carbonyl (C=O) groups is 2. The molecule has 0 radical (unpaired) electrons. The number of nitrogens with one attached hydrogen (secondary N) is 2. The van der Waals surface area contributed by atoms with Gasteiger partial charge in [-0.2, -0.15) is 0 Å². The van der Waals surface area contributed by atoms with E-state index in [1.165, 1.54) is 12.1 Å². The maximum Gasteiger partial charge on any atom is 0.251 e. The minimum atomic E-state index is -0.434. The van der Waals surface area contributed by atoms with Gasteiger partial charge >= 0.3 is 0 Å². The molecular weight excluding hydrogens is 366 g/mol. The standard InChI is InChI=1S/C23H29N3O3/c1-23(12-13-26(2)16-23)15-24-21(28)14-20(17-6-4-3-5-7-17)25-22(29)18-8-10-19(27)11-9-18/h3-11,20,27H,12-16H2,1-2H3,(H,24,28)(H,25,29). The molecule has 2 aromatic rings. The van der Waals surface area contributed by atoms with Crippen molar-refractivity contribution in [2.24, 2.45) is 5.41 Å². The van der Waals surface area contributed by atoms with Gasteiger partial charge in [-0.3, -0.25) is 9.59 Å². The second-order valence-electron chi connectivity index (χ2n) is 8.26. The lowest BCUT2D eigenvalue weighted by Gasteiger charge is -2.25. The summed E-state index contributed by atoms with van der Waals surface area (Å²) in [5, 5.41) is 15.4. The Balaban J connectivity index is 1.65. The van der Waals surface area contributed by atoms with E-state index >= 15 is 0 Å². The van der Waals surface area contributed by atoms with Gasteiger partial charge in [-0.1, -0.05) is 37.3 Å². The van der Waals surface area contributed by atoms with Crippen molar-refractivity contribution in [3.05, 3.63) is 65.7 Å². The molecule has 6 heteroatoms. The summed E-state index contributed by atoms with van der Waals surface area (Å²) in [7, 11) is 2.09. The minimum absolute atomic E-state index is 0.0827. The number of hydrogen-bond donors (Lipinski definition) is 3. The van der Waals surface area contributed by atoms with Crippen LogP contribution in [-0.4, -0.2) is 48.5 Å². The summed E-state index contributed by atoms with van der Waals surface area (Å²) in [6, 6.07) is 15.1. The van der Waals surface area contributed by atoms with Crippen LogP contribution in [0.2, 0.25) is 0 Å². The highest BCUT2D eigenvalue weighted by Crippen LogP contribution is 2.28. The third kappa shape index (κ3) is 5.81. The summed E-state index contributed by atoms with van der Waals surface area (Å²) in [6.07, 6.45) is 1.23. The molecule has 2 amide bonds. The van der Waals surface area contributed by atoms with E-state index in [-0.39, 0.29) is 29.4 Å². The van der Waals surface area contributed by atoms with Crippen LogP contribution in [0, 0.1) is 5.41 Å². The van der Waals surface area contributed by atoms with Gasteiger partial charge in [0.15, 0.2) is 0 Å². The second kappa shape index (κ2) is 9.09. The summed E-state index contributed by atoms with van der Waals surface area (Å²) in [4.78, 5) is 27.6. The molecule has 6 nitrogen and oxygen atoms in total. The molecule has 1 aliphatic heterocycles. The molecular formula is C23H29N3O3. The molecule has 3 rings (SSSR count). The van der Waals surface area contributed by atoms with Gasteiger partial charge in [-0.05, 0) is 55.3 Å². The minimum Gasteiger partial charge on any atom is -0.508 e. The monoisotopic (exact) mass is 395 g/mol. The lowest BCUT2D eigenvalue weighted by molar-refractivity contribution is -0.122. The zero-order valence-corrected chi connectivity index (χ0v) is 17.0. The molecule has 0 saturated carbocycles. The zero-order valence-electron chi connectivity index (χ0n) is 17.0. The molecule has 2 unspecified atom stereocenters. The van der Waals surface area contributed by atoms with Crippen LogP contribution in [0.15, 0.2) is 54.6 Å². The maximum atomic E-state index is 12.7. The number of carbonyl (C=O) groups excluding carboxylic acids is 2. The fraction of sp³-hybridized carbons (Fsp3) is 0.391. The molecule has 1 saturated heterocycles. The lowest BCUT2D eigenvalue weighted by atomic mass is 9.89. The number of amides is 2. The predicted molar refractivity (Wildman–Crippen MR) is 113 cm³/mol. The Morgan fingerprint density at radius 3 is 2.45 bits per heavy atom. The van der Waals surface area contributed by atoms with Gasteiger partial charge < -0.3 is 20.6 Å². The molecule has 154 valence electrons. The van der Waals surface area contributed by atoms with Crippen LogP contribution in [0.4, 0.5) is 0 Å². The molecule has 29 heavy (non-hydrogen) atoms. The fourth-order valence-corrected chi connectivity index (χ4v) is 3.78. The number of aromatic hydroxyl groups is 1. The summed E-state index contributed by atoms with van der Waals surface area (Å²) >= 11 is 0. The number of rotatable bonds is 7. The van der Waals surface area contributed by atoms with Crippen molar-refractivity contribution >= 4 is 11.8 Å². The van der Waals surface area contributed by atoms with E-state index < -0.39 is 6.04 Å². The molecule has 0 aliphatic carbocycles. The van der Waals surface area contributed by atoms with E-state index in [0.29, 0.717) is 12.1 Å². The van der Waals surface area contributed by atoms with Crippen molar-refractivity contribution in [1.29, 1.82) is 0 Å². The number of likely N-dealkylation sites (tertiary alicyclic amines) is 1. The zero-order chi connectivity index (χ0) is 20.9. The average molecular weight is 396 g/mol. The summed E-state index contributed by atoms with van der Waals surface area (Å²) < 4.78 is 0. The Morgan fingerprint density at radius 2 is 1.83 bits per heavy atom. The molecule has 1 aliphatic rings.